The zero-order chi connectivity index (χ0) is 10.6. The molecule has 1 rings (SSSR count). The molecule has 78 valence electrons. The van der Waals surface area contributed by atoms with Crippen LogP contribution in [0.4, 0.5) is 0 Å². The summed E-state index contributed by atoms with van der Waals surface area (Å²) in [6.45, 7) is 4.35. The van der Waals surface area contributed by atoms with Gasteiger partial charge in [0.05, 0.1) is 12.4 Å². The predicted octanol–water partition coefficient (Wildman–Crippen LogP) is -0.340. The van der Waals surface area contributed by atoms with Gasteiger partial charge in [-0.3, -0.25) is 14.9 Å². The standard InChI is InChI=1S/C8H14N4O2/c1-3-12-5-7(4-10-12)14-6(2)8(13)11-9/h4-6H,3,9H2,1-2H3,(H,11,13). The molecule has 6 heteroatoms. The van der Waals surface area contributed by atoms with E-state index in [1.54, 1.807) is 24.0 Å². The number of carbonyl (C=O) groups is 1. The van der Waals surface area contributed by atoms with E-state index in [0.717, 1.165) is 6.54 Å². The molecule has 0 aromatic carbocycles. The monoisotopic (exact) mass is 198 g/mol. The van der Waals surface area contributed by atoms with E-state index in [-0.39, 0.29) is 5.91 Å². The number of aryl methyl sites for hydroxylation is 1. The first-order valence-corrected chi connectivity index (χ1v) is 4.37. The minimum absolute atomic E-state index is 0.366. The van der Waals surface area contributed by atoms with Crippen LogP contribution in [0, 0.1) is 0 Å². The molecule has 3 N–H and O–H groups in total. The van der Waals surface area contributed by atoms with Crippen LogP contribution >= 0.6 is 0 Å². The Balaban J connectivity index is 2.55. The zero-order valence-electron chi connectivity index (χ0n) is 8.23. The van der Waals surface area contributed by atoms with Gasteiger partial charge in [-0.15, -0.1) is 0 Å². The van der Waals surface area contributed by atoms with Crippen LogP contribution < -0.4 is 16.0 Å². The number of hydrogen-bond donors (Lipinski definition) is 2. The topological polar surface area (TPSA) is 82.2 Å². The molecule has 0 aliphatic carbocycles. The quantitative estimate of drug-likeness (QED) is 0.394. The van der Waals surface area contributed by atoms with Gasteiger partial charge in [0, 0.05) is 6.54 Å². The van der Waals surface area contributed by atoms with Gasteiger partial charge in [-0.1, -0.05) is 0 Å². The normalized spacial score (nSPS) is 12.2. The van der Waals surface area contributed by atoms with Crippen molar-refractivity contribution in [2.45, 2.75) is 26.5 Å². The lowest BCUT2D eigenvalue weighted by Crippen LogP contribution is -2.40. The van der Waals surface area contributed by atoms with Gasteiger partial charge < -0.3 is 4.74 Å². The molecule has 1 aromatic heterocycles. The Morgan fingerprint density at radius 3 is 3.07 bits per heavy atom. The third-order valence-corrected chi connectivity index (χ3v) is 1.76. The van der Waals surface area contributed by atoms with Crippen molar-refractivity contribution < 1.29 is 9.53 Å². The van der Waals surface area contributed by atoms with Crippen LogP contribution in [0.25, 0.3) is 0 Å². The highest BCUT2D eigenvalue weighted by Crippen LogP contribution is 2.10. The lowest BCUT2D eigenvalue weighted by Gasteiger charge is -2.10. The molecule has 0 saturated carbocycles. The molecule has 1 atom stereocenters. The number of carbonyl (C=O) groups excluding carboxylic acids is 1. The molecule has 1 aromatic rings. The van der Waals surface area contributed by atoms with Crippen LogP contribution in [0.1, 0.15) is 13.8 Å². The van der Waals surface area contributed by atoms with Crippen LogP contribution in [0.2, 0.25) is 0 Å². The van der Waals surface area contributed by atoms with Gasteiger partial charge in [-0.05, 0) is 13.8 Å². The first-order valence-electron chi connectivity index (χ1n) is 4.37. The van der Waals surface area contributed by atoms with Crippen molar-refractivity contribution in [1.82, 2.24) is 15.2 Å². The van der Waals surface area contributed by atoms with Gasteiger partial charge in [0.1, 0.15) is 0 Å². The number of hydrogen-bond acceptors (Lipinski definition) is 4. The fraction of sp³-hybridized carbons (Fsp3) is 0.500. The summed E-state index contributed by atoms with van der Waals surface area (Å²) in [6.07, 6.45) is 2.67. The van der Waals surface area contributed by atoms with Crippen LogP contribution in [-0.2, 0) is 11.3 Å². The molecule has 0 bridgehead atoms. The van der Waals surface area contributed by atoms with E-state index < -0.39 is 6.10 Å². The van der Waals surface area contributed by atoms with Gasteiger partial charge in [0.15, 0.2) is 11.9 Å². The summed E-state index contributed by atoms with van der Waals surface area (Å²) < 4.78 is 6.98. The summed E-state index contributed by atoms with van der Waals surface area (Å²) in [6, 6.07) is 0. The molecule has 1 unspecified atom stereocenters. The van der Waals surface area contributed by atoms with Crippen molar-refractivity contribution in [2.75, 3.05) is 0 Å². The minimum Gasteiger partial charge on any atom is -0.478 e. The maximum Gasteiger partial charge on any atom is 0.274 e. The minimum atomic E-state index is -0.616. The van der Waals surface area contributed by atoms with Gasteiger partial charge >= 0.3 is 0 Å². The number of rotatable bonds is 4. The number of nitrogens with one attached hydrogen (secondary N) is 1. The summed E-state index contributed by atoms with van der Waals surface area (Å²) >= 11 is 0. The second-order valence-corrected chi connectivity index (χ2v) is 2.80. The first-order chi connectivity index (χ1) is 6.67. The fourth-order valence-corrected chi connectivity index (χ4v) is 0.953. The summed E-state index contributed by atoms with van der Waals surface area (Å²) in [5, 5.41) is 4.00. The van der Waals surface area contributed by atoms with Gasteiger partial charge in [-0.2, -0.15) is 5.10 Å². The van der Waals surface area contributed by atoms with Crippen LogP contribution in [0.5, 0.6) is 5.75 Å². The number of hydrazine groups is 1. The van der Waals surface area contributed by atoms with Crippen LogP contribution in [-0.4, -0.2) is 21.8 Å². The highest BCUT2D eigenvalue weighted by Gasteiger charge is 2.13. The predicted molar refractivity (Wildman–Crippen MR) is 50.3 cm³/mol. The maximum atomic E-state index is 11.0. The number of aromatic nitrogens is 2. The van der Waals surface area contributed by atoms with E-state index in [2.05, 4.69) is 5.10 Å². The van der Waals surface area contributed by atoms with E-state index in [0.29, 0.717) is 5.75 Å². The molecule has 14 heavy (non-hydrogen) atoms. The van der Waals surface area contributed by atoms with E-state index in [9.17, 15) is 4.79 Å². The van der Waals surface area contributed by atoms with E-state index in [1.807, 2.05) is 12.3 Å². The Bertz CT molecular complexity index is 310. The fourth-order valence-electron chi connectivity index (χ4n) is 0.953. The second kappa shape index (κ2) is 4.61. The molecular weight excluding hydrogens is 184 g/mol. The lowest BCUT2D eigenvalue weighted by atomic mass is 10.4. The Kier molecular flexibility index (Phi) is 3.47. The van der Waals surface area contributed by atoms with E-state index in [4.69, 9.17) is 10.6 Å². The molecule has 1 amide bonds. The maximum absolute atomic E-state index is 11.0. The van der Waals surface area contributed by atoms with Crippen molar-refractivity contribution in [2.24, 2.45) is 5.84 Å². The highest BCUT2D eigenvalue weighted by atomic mass is 16.5. The Morgan fingerprint density at radius 2 is 2.57 bits per heavy atom. The van der Waals surface area contributed by atoms with Gasteiger partial charge in [-0.25, -0.2) is 5.84 Å². The number of nitrogens with zero attached hydrogens (tertiary/aromatic N) is 2. The lowest BCUT2D eigenvalue weighted by molar-refractivity contribution is -0.127. The van der Waals surface area contributed by atoms with Crippen molar-refractivity contribution in [3.8, 4) is 5.75 Å². The van der Waals surface area contributed by atoms with E-state index >= 15 is 0 Å². The number of amides is 1. The molecule has 0 fully saturated rings. The van der Waals surface area contributed by atoms with Crippen LogP contribution in [0.3, 0.4) is 0 Å². The summed E-state index contributed by atoms with van der Waals surface area (Å²) in [7, 11) is 0. The SMILES string of the molecule is CCn1cc(OC(C)C(=O)NN)cn1. The third kappa shape index (κ3) is 2.46. The highest BCUT2D eigenvalue weighted by molar-refractivity contribution is 5.79. The number of nitrogens with two attached hydrogens (primary N) is 1. The number of ether oxygens (including phenoxy) is 1. The summed E-state index contributed by atoms with van der Waals surface area (Å²) in [5.41, 5.74) is 2.01. The molecule has 1 heterocycles. The van der Waals surface area contributed by atoms with Crippen molar-refractivity contribution in [3.05, 3.63) is 12.4 Å². The zero-order valence-corrected chi connectivity index (χ0v) is 8.23. The van der Waals surface area contributed by atoms with E-state index in [1.165, 1.54) is 0 Å². The third-order valence-electron chi connectivity index (χ3n) is 1.76. The average molecular weight is 198 g/mol. The van der Waals surface area contributed by atoms with Crippen LogP contribution in [0.15, 0.2) is 12.4 Å². The van der Waals surface area contributed by atoms with Crippen molar-refractivity contribution >= 4 is 5.91 Å². The van der Waals surface area contributed by atoms with Gasteiger partial charge in [0.2, 0.25) is 0 Å². The molecule has 0 aliphatic rings. The van der Waals surface area contributed by atoms with Crippen molar-refractivity contribution in [3.63, 3.8) is 0 Å². The van der Waals surface area contributed by atoms with Gasteiger partial charge in [0.25, 0.3) is 5.91 Å². The Hall–Kier alpha value is -1.56. The molecular formula is C8H14N4O2. The first kappa shape index (κ1) is 10.5. The summed E-state index contributed by atoms with van der Waals surface area (Å²) in [4.78, 5) is 11.0. The molecule has 0 saturated heterocycles. The largest absolute Gasteiger partial charge is 0.478 e. The summed E-state index contributed by atoms with van der Waals surface area (Å²) in [5.74, 6) is 5.15. The Labute approximate surface area is 82.0 Å². The molecule has 0 radical (unpaired) electrons. The molecule has 0 spiro atoms. The second-order valence-electron chi connectivity index (χ2n) is 2.80. The molecule has 0 aliphatic heterocycles. The Morgan fingerprint density at radius 1 is 1.86 bits per heavy atom. The smallest absolute Gasteiger partial charge is 0.274 e. The molecule has 6 nitrogen and oxygen atoms in total. The van der Waals surface area contributed by atoms with Crippen molar-refractivity contribution in [1.29, 1.82) is 0 Å². The average Bonchev–Trinajstić information content (AvgIpc) is 2.64.